The molecule has 1 aromatic carbocycles. The molecule has 6 heteroatoms. The lowest BCUT2D eigenvalue weighted by Crippen LogP contribution is -2.29. The smallest absolute Gasteiger partial charge is 0.253 e. The van der Waals surface area contributed by atoms with E-state index in [0.717, 1.165) is 30.9 Å². The molecule has 110 valence electrons. The van der Waals surface area contributed by atoms with Gasteiger partial charge in [0.25, 0.3) is 5.91 Å². The summed E-state index contributed by atoms with van der Waals surface area (Å²) in [5, 5.41) is 6.95. The number of amides is 1. The highest BCUT2D eigenvalue weighted by Crippen LogP contribution is 2.21. The molecule has 3 N–H and O–H groups in total. The third-order valence-electron chi connectivity index (χ3n) is 3.87. The van der Waals surface area contributed by atoms with Crippen LogP contribution in [0.25, 0.3) is 11.4 Å². The molecule has 1 fully saturated rings. The van der Waals surface area contributed by atoms with Crippen LogP contribution in [0, 0.1) is 12.8 Å². The number of aromatic amines is 1. The zero-order valence-electron chi connectivity index (χ0n) is 12.0. The summed E-state index contributed by atoms with van der Waals surface area (Å²) in [5.74, 6) is 1.85. The van der Waals surface area contributed by atoms with E-state index >= 15 is 0 Å². The number of H-pyrrole nitrogens is 1. The van der Waals surface area contributed by atoms with Crippen molar-refractivity contribution in [3.63, 3.8) is 0 Å². The molecule has 21 heavy (non-hydrogen) atoms. The maximum atomic E-state index is 12.5. The number of aromatic nitrogens is 3. The van der Waals surface area contributed by atoms with Gasteiger partial charge in [0.2, 0.25) is 0 Å². The minimum Gasteiger partial charge on any atom is -0.338 e. The van der Waals surface area contributed by atoms with Crippen molar-refractivity contribution in [3.05, 3.63) is 35.7 Å². The van der Waals surface area contributed by atoms with Crippen LogP contribution < -0.4 is 5.73 Å². The van der Waals surface area contributed by atoms with Crippen LogP contribution in [-0.4, -0.2) is 45.6 Å². The molecule has 0 radical (unpaired) electrons. The molecule has 0 aliphatic carbocycles. The first-order chi connectivity index (χ1) is 10.2. The lowest BCUT2D eigenvalue weighted by Gasteiger charge is -2.16. The van der Waals surface area contributed by atoms with Crippen LogP contribution in [0.2, 0.25) is 0 Å². The Bertz CT molecular complexity index is 651. The van der Waals surface area contributed by atoms with Gasteiger partial charge in [0.1, 0.15) is 5.82 Å². The zero-order chi connectivity index (χ0) is 14.8. The molecule has 1 saturated heterocycles. The number of carbonyl (C=O) groups is 1. The van der Waals surface area contributed by atoms with Crippen LogP contribution in [0.5, 0.6) is 0 Å². The van der Waals surface area contributed by atoms with E-state index in [1.165, 1.54) is 0 Å². The number of carbonyl (C=O) groups excluding carboxylic acids is 1. The molecule has 0 unspecified atom stereocenters. The first-order valence-electron chi connectivity index (χ1n) is 7.16. The van der Waals surface area contributed by atoms with Gasteiger partial charge in [0.05, 0.1) is 0 Å². The zero-order valence-corrected chi connectivity index (χ0v) is 12.0. The molecule has 0 saturated carbocycles. The molecule has 1 atom stereocenters. The van der Waals surface area contributed by atoms with Crippen molar-refractivity contribution in [2.24, 2.45) is 11.7 Å². The maximum Gasteiger partial charge on any atom is 0.253 e. The van der Waals surface area contributed by atoms with E-state index in [4.69, 9.17) is 5.73 Å². The summed E-state index contributed by atoms with van der Waals surface area (Å²) in [7, 11) is 0. The molecule has 6 nitrogen and oxygen atoms in total. The van der Waals surface area contributed by atoms with Crippen molar-refractivity contribution >= 4 is 5.91 Å². The first-order valence-corrected chi connectivity index (χ1v) is 7.16. The fourth-order valence-electron chi connectivity index (χ4n) is 2.66. The number of rotatable bonds is 3. The number of hydrogen-bond acceptors (Lipinski definition) is 4. The van der Waals surface area contributed by atoms with Crippen molar-refractivity contribution in [2.75, 3.05) is 19.6 Å². The van der Waals surface area contributed by atoms with Gasteiger partial charge in [-0.25, -0.2) is 4.98 Å². The Morgan fingerprint density at radius 3 is 3.05 bits per heavy atom. The molecular weight excluding hydrogens is 266 g/mol. The topological polar surface area (TPSA) is 87.9 Å². The Balaban J connectivity index is 1.81. The van der Waals surface area contributed by atoms with Gasteiger partial charge < -0.3 is 10.6 Å². The number of likely N-dealkylation sites (tertiary alicyclic amines) is 1. The predicted molar refractivity (Wildman–Crippen MR) is 79.6 cm³/mol. The van der Waals surface area contributed by atoms with Crippen molar-refractivity contribution in [1.82, 2.24) is 20.1 Å². The molecule has 0 spiro atoms. The third kappa shape index (κ3) is 2.80. The van der Waals surface area contributed by atoms with Crippen molar-refractivity contribution in [1.29, 1.82) is 0 Å². The van der Waals surface area contributed by atoms with Gasteiger partial charge in [-0.3, -0.25) is 9.89 Å². The molecule has 1 aliphatic heterocycles. The summed E-state index contributed by atoms with van der Waals surface area (Å²) in [6.45, 7) is 4.02. The predicted octanol–water partition coefficient (Wildman–Crippen LogP) is 1.20. The van der Waals surface area contributed by atoms with E-state index in [2.05, 4.69) is 15.2 Å². The average Bonchev–Trinajstić information content (AvgIpc) is 3.15. The molecular formula is C15H19N5O. The Hall–Kier alpha value is -2.21. The number of nitrogens with two attached hydrogens (primary N) is 1. The highest BCUT2D eigenvalue weighted by Gasteiger charge is 2.26. The molecule has 2 heterocycles. The van der Waals surface area contributed by atoms with Gasteiger partial charge >= 0.3 is 0 Å². The minimum atomic E-state index is 0.0556. The summed E-state index contributed by atoms with van der Waals surface area (Å²) in [6.07, 6.45) is 0.988. The van der Waals surface area contributed by atoms with Gasteiger partial charge in [-0.05, 0) is 37.9 Å². The second-order valence-electron chi connectivity index (χ2n) is 5.47. The van der Waals surface area contributed by atoms with Gasteiger partial charge in [-0.2, -0.15) is 5.10 Å². The van der Waals surface area contributed by atoms with Gasteiger partial charge in [-0.15, -0.1) is 0 Å². The maximum absolute atomic E-state index is 12.5. The molecule has 2 aromatic rings. The number of hydrogen-bond donors (Lipinski definition) is 2. The van der Waals surface area contributed by atoms with E-state index in [9.17, 15) is 4.79 Å². The molecule has 3 rings (SSSR count). The molecule has 0 bridgehead atoms. The minimum absolute atomic E-state index is 0.0556. The fraction of sp³-hybridized carbons (Fsp3) is 0.400. The van der Waals surface area contributed by atoms with Crippen molar-refractivity contribution in [3.8, 4) is 11.4 Å². The SMILES string of the molecule is Cc1nc(-c2cccc(C(=O)N3CC[C@H](CN)C3)c2)n[nH]1. The van der Waals surface area contributed by atoms with Crippen molar-refractivity contribution < 1.29 is 4.79 Å². The van der Waals surface area contributed by atoms with E-state index in [1.54, 1.807) is 0 Å². The fourth-order valence-corrected chi connectivity index (χ4v) is 2.66. The van der Waals surface area contributed by atoms with E-state index in [-0.39, 0.29) is 5.91 Å². The van der Waals surface area contributed by atoms with Crippen LogP contribution in [0.3, 0.4) is 0 Å². The normalized spacial score (nSPS) is 18.2. The second-order valence-corrected chi connectivity index (χ2v) is 5.47. The Labute approximate surface area is 123 Å². The van der Waals surface area contributed by atoms with Crippen LogP contribution in [0.1, 0.15) is 22.6 Å². The number of aryl methyl sites for hydroxylation is 1. The van der Waals surface area contributed by atoms with Crippen LogP contribution >= 0.6 is 0 Å². The Kier molecular flexibility index (Phi) is 3.70. The largest absolute Gasteiger partial charge is 0.338 e. The monoisotopic (exact) mass is 285 g/mol. The standard InChI is InChI=1S/C15H19N5O/c1-10-17-14(19-18-10)12-3-2-4-13(7-12)15(21)20-6-5-11(8-16)9-20/h2-4,7,11H,5-6,8-9,16H2,1H3,(H,17,18,19)/t11-/m1/s1. The summed E-state index contributed by atoms with van der Waals surface area (Å²) < 4.78 is 0. The van der Waals surface area contributed by atoms with Crippen LogP contribution in [0.15, 0.2) is 24.3 Å². The number of benzene rings is 1. The van der Waals surface area contributed by atoms with Gasteiger partial charge in [0, 0.05) is 24.2 Å². The van der Waals surface area contributed by atoms with E-state index in [0.29, 0.717) is 23.9 Å². The number of nitrogens with one attached hydrogen (secondary N) is 1. The first kappa shape index (κ1) is 13.8. The van der Waals surface area contributed by atoms with Gasteiger partial charge in [0.15, 0.2) is 5.82 Å². The second kappa shape index (κ2) is 5.65. The molecule has 1 aliphatic rings. The Morgan fingerprint density at radius 1 is 1.52 bits per heavy atom. The average molecular weight is 285 g/mol. The molecule has 1 amide bonds. The summed E-state index contributed by atoms with van der Waals surface area (Å²) in [5.41, 5.74) is 7.20. The highest BCUT2D eigenvalue weighted by atomic mass is 16.2. The summed E-state index contributed by atoms with van der Waals surface area (Å²) >= 11 is 0. The Morgan fingerprint density at radius 2 is 2.38 bits per heavy atom. The van der Waals surface area contributed by atoms with Crippen LogP contribution in [-0.2, 0) is 0 Å². The third-order valence-corrected chi connectivity index (χ3v) is 3.87. The number of nitrogens with zero attached hydrogens (tertiary/aromatic N) is 3. The van der Waals surface area contributed by atoms with Gasteiger partial charge in [-0.1, -0.05) is 12.1 Å². The lowest BCUT2D eigenvalue weighted by molar-refractivity contribution is 0.0787. The van der Waals surface area contributed by atoms with Crippen LogP contribution in [0.4, 0.5) is 0 Å². The summed E-state index contributed by atoms with van der Waals surface area (Å²) in [6, 6.07) is 7.46. The lowest BCUT2D eigenvalue weighted by atomic mass is 10.1. The summed E-state index contributed by atoms with van der Waals surface area (Å²) in [4.78, 5) is 18.7. The van der Waals surface area contributed by atoms with E-state index < -0.39 is 0 Å². The highest BCUT2D eigenvalue weighted by molar-refractivity contribution is 5.95. The quantitative estimate of drug-likeness (QED) is 0.887. The molecule has 1 aromatic heterocycles. The van der Waals surface area contributed by atoms with Crippen molar-refractivity contribution in [2.45, 2.75) is 13.3 Å². The van der Waals surface area contributed by atoms with E-state index in [1.807, 2.05) is 36.1 Å².